The Morgan fingerprint density at radius 3 is 2.33 bits per heavy atom. The number of sulfonamides is 1. The number of rotatable bonds is 7. The average Bonchev–Trinajstić information content (AvgIpc) is 2.81. The molecule has 3 aromatic carbocycles. The van der Waals surface area contributed by atoms with Crippen LogP contribution in [0.3, 0.4) is 0 Å². The Bertz CT molecular complexity index is 1220. The summed E-state index contributed by atoms with van der Waals surface area (Å²) in [7, 11) is 0.418. The van der Waals surface area contributed by atoms with Gasteiger partial charge in [-0.2, -0.15) is 0 Å². The predicted octanol–water partition coefficient (Wildman–Crippen LogP) is 4.45. The van der Waals surface area contributed by atoms with Gasteiger partial charge in [0.25, 0.3) is 0 Å². The van der Waals surface area contributed by atoms with Crippen LogP contribution < -0.4 is 9.62 Å². The van der Waals surface area contributed by atoms with Crippen LogP contribution in [0.15, 0.2) is 71.6 Å². The van der Waals surface area contributed by atoms with E-state index in [1.54, 1.807) is 12.1 Å². The van der Waals surface area contributed by atoms with Crippen molar-refractivity contribution in [1.29, 1.82) is 0 Å². The van der Waals surface area contributed by atoms with E-state index in [1.807, 2.05) is 34.0 Å². The Morgan fingerprint density at radius 1 is 0.939 bits per heavy atom. The minimum absolute atomic E-state index is 0.0607. The first kappa shape index (κ1) is 23.5. The lowest BCUT2D eigenvalue weighted by atomic mass is 9.96. The van der Waals surface area contributed by atoms with E-state index >= 15 is 0 Å². The maximum absolute atomic E-state index is 13.2. The minimum Gasteiger partial charge on any atom is -0.378 e. The zero-order chi connectivity index (χ0) is 23.6. The molecular weight excluding hydrogens is 430 g/mol. The zero-order valence-electron chi connectivity index (χ0n) is 19.9. The molecule has 1 unspecified atom stereocenters. The number of benzene rings is 3. The van der Waals surface area contributed by atoms with Gasteiger partial charge in [-0.3, -0.25) is 4.90 Å². The summed E-state index contributed by atoms with van der Waals surface area (Å²) < 4.78 is 29.4. The van der Waals surface area contributed by atoms with E-state index < -0.39 is 10.0 Å². The van der Waals surface area contributed by atoms with E-state index in [9.17, 15) is 8.42 Å². The number of nitrogens with one attached hydrogen (secondary N) is 1. The molecule has 1 heterocycles. The molecule has 0 fully saturated rings. The van der Waals surface area contributed by atoms with Crippen LogP contribution in [0.2, 0.25) is 0 Å². The standard InChI is InChI=1S/C27H33N3O2S/c1-20-8-7-11-27(21(20)2)33(31,32)28-18-26(23-12-14-25(15-13-23)29(3)4)30-17-16-22-9-5-6-10-24(22)19-30/h5-15,26,28H,16-19H2,1-4H3. The number of anilines is 1. The first-order valence-corrected chi connectivity index (χ1v) is 12.9. The second-order valence-corrected chi connectivity index (χ2v) is 10.8. The summed E-state index contributed by atoms with van der Waals surface area (Å²) in [5.41, 5.74) is 6.70. The normalized spacial score (nSPS) is 15.2. The highest BCUT2D eigenvalue weighted by Gasteiger charge is 2.27. The summed E-state index contributed by atoms with van der Waals surface area (Å²) in [6.45, 7) is 5.82. The number of hydrogen-bond donors (Lipinski definition) is 1. The molecular formula is C27H33N3O2S. The largest absolute Gasteiger partial charge is 0.378 e. The summed E-state index contributed by atoms with van der Waals surface area (Å²) in [4.78, 5) is 4.81. The van der Waals surface area contributed by atoms with Crippen LogP contribution in [0.4, 0.5) is 5.69 Å². The molecule has 3 aromatic rings. The van der Waals surface area contributed by atoms with Crippen molar-refractivity contribution >= 4 is 15.7 Å². The Labute approximate surface area is 198 Å². The van der Waals surface area contributed by atoms with Crippen molar-refractivity contribution in [2.75, 3.05) is 32.1 Å². The van der Waals surface area contributed by atoms with Crippen LogP contribution in [-0.4, -0.2) is 40.5 Å². The lowest BCUT2D eigenvalue weighted by molar-refractivity contribution is 0.180. The Hall–Kier alpha value is -2.67. The summed E-state index contributed by atoms with van der Waals surface area (Å²) in [6, 6.07) is 22.3. The summed E-state index contributed by atoms with van der Waals surface area (Å²) in [6.07, 6.45) is 0.964. The maximum Gasteiger partial charge on any atom is 0.240 e. The van der Waals surface area contributed by atoms with E-state index in [0.717, 1.165) is 41.9 Å². The molecule has 0 aromatic heterocycles. The van der Waals surface area contributed by atoms with Gasteiger partial charge in [0.1, 0.15) is 0 Å². The van der Waals surface area contributed by atoms with Gasteiger partial charge in [-0.1, -0.05) is 48.5 Å². The topological polar surface area (TPSA) is 52.7 Å². The quantitative estimate of drug-likeness (QED) is 0.563. The van der Waals surface area contributed by atoms with Crippen LogP contribution in [0.25, 0.3) is 0 Å². The predicted molar refractivity (Wildman–Crippen MR) is 135 cm³/mol. The molecule has 1 N–H and O–H groups in total. The minimum atomic E-state index is -3.62. The van der Waals surface area contributed by atoms with E-state index in [1.165, 1.54) is 11.1 Å². The number of nitrogens with zero attached hydrogens (tertiary/aromatic N) is 2. The molecule has 0 bridgehead atoms. The third kappa shape index (κ3) is 5.13. The number of hydrogen-bond acceptors (Lipinski definition) is 4. The molecule has 174 valence electrons. The maximum atomic E-state index is 13.2. The highest BCUT2D eigenvalue weighted by molar-refractivity contribution is 7.89. The molecule has 1 atom stereocenters. The van der Waals surface area contributed by atoms with Gasteiger partial charge in [0.15, 0.2) is 0 Å². The van der Waals surface area contributed by atoms with Crippen LogP contribution >= 0.6 is 0 Å². The van der Waals surface area contributed by atoms with Crippen LogP contribution in [0.1, 0.15) is 33.9 Å². The Morgan fingerprint density at radius 2 is 1.64 bits per heavy atom. The van der Waals surface area contributed by atoms with Gasteiger partial charge in [-0.05, 0) is 66.3 Å². The summed E-state index contributed by atoms with van der Waals surface area (Å²) >= 11 is 0. The lowest BCUT2D eigenvalue weighted by Gasteiger charge is -2.36. The van der Waals surface area contributed by atoms with Crippen molar-refractivity contribution in [3.63, 3.8) is 0 Å². The molecule has 5 nitrogen and oxygen atoms in total. The second kappa shape index (κ2) is 9.67. The van der Waals surface area contributed by atoms with Gasteiger partial charge in [-0.15, -0.1) is 0 Å². The van der Waals surface area contributed by atoms with Crippen LogP contribution in [0.5, 0.6) is 0 Å². The number of aryl methyl sites for hydroxylation is 1. The van der Waals surface area contributed by atoms with Crippen LogP contribution in [0, 0.1) is 13.8 Å². The highest BCUT2D eigenvalue weighted by Crippen LogP contribution is 2.29. The molecule has 1 aliphatic heterocycles. The molecule has 0 aliphatic carbocycles. The van der Waals surface area contributed by atoms with Crippen molar-refractivity contribution in [2.24, 2.45) is 0 Å². The van der Waals surface area contributed by atoms with Crippen molar-refractivity contribution in [3.05, 3.63) is 94.5 Å². The molecule has 0 spiro atoms. The molecule has 1 aliphatic rings. The van der Waals surface area contributed by atoms with Gasteiger partial charge in [0, 0.05) is 45.5 Å². The van der Waals surface area contributed by atoms with Crippen molar-refractivity contribution in [3.8, 4) is 0 Å². The second-order valence-electron chi connectivity index (χ2n) is 9.04. The smallest absolute Gasteiger partial charge is 0.240 e. The first-order chi connectivity index (χ1) is 15.8. The zero-order valence-corrected chi connectivity index (χ0v) is 20.7. The SMILES string of the molecule is Cc1cccc(S(=O)(=O)NCC(c2ccc(N(C)C)cc2)N2CCc3ccccc3C2)c1C. The lowest BCUT2D eigenvalue weighted by Crippen LogP contribution is -2.40. The van der Waals surface area contributed by atoms with Gasteiger partial charge < -0.3 is 4.90 Å². The fourth-order valence-corrected chi connectivity index (χ4v) is 5.87. The highest BCUT2D eigenvalue weighted by atomic mass is 32.2. The molecule has 4 rings (SSSR count). The molecule has 6 heteroatoms. The summed E-state index contributed by atoms with van der Waals surface area (Å²) in [5.74, 6) is 0. The Kier molecular flexibility index (Phi) is 6.88. The fraction of sp³-hybridized carbons (Fsp3) is 0.333. The molecule has 0 saturated carbocycles. The molecule has 0 amide bonds. The van der Waals surface area contributed by atoms with Crippen LogP contribution in [-0.2, 0) is 23.0 Å². The van der Waals surface area contributed by atoms with E-state index in [-0.39, 0.29) is 6.04 Å². The van der Waals surface area contributed by atoms with Gasteiger partial charge in [0.2, 0.25) is 10.0 Å². The monoisotopic (exact) mass is 463 g/mol. The fourth-order valence-electron chi connectivity index (χ4n) is 4.52. The third-order valence-corrected chi connectivity index (χ3v) is 8.27. The third-order valence-electron chi connectivity index (χ3n) is 6.71. The van der Waals surface area contributed by atoms with Gasteiger partial charge in [-0.25, -0.2) is 13.1 Å². The molecule has 0 saturated heterocycles. The first-order valence-electron chi connectivity index (χ1n) is 11.4. The molecule has 0 radical (unpaired) electrons. The number of fused-ring (bicyclic) bond motifs is 1. The van der Waals surface area contributed by atoms with Crippen molar-refractivity contribution < 1.29 is 8.42 Å². The van der Waals surface area contributed by atoms with Crippen molar-refractivity contribution in [1.82, 2.24) is 9.62 Å². The van der Waals surface area contributed by atoms with E-state index in [4.69, 9.17) is 0 Å². The molecule has 33 heavy (non-hydrogen) atoms. The van der Waals surface area contributed by atoms with E-state index in [2.05, 4.69) is 63.1 Å². The Balaban J connectivity index is 1.62. The van der Waals surface area contributed by atoms with Gasteiger partial charge >= 0.3 is 0 Å². The van der Waals surface area contributed by atoms with Gasteiger partial charge in [0.05, 0.1) is 4.90 Å². The summed E-state index contributed by atoms with van der Waals surface area (Å²) in [5, 5.41) is 0. The van der Waals surface area contributed by atoms with Crippen molar-refractivity contribution in [2.45, 2.75) is 37.8 Å². The van der Waals surface area contributed by atoms with E-state index in [0.29, 0.717) is 11.4 Å². The average molecular weight is 464 g/mol.